The van der Waals surface area contributed by atoms with Crippen LogP contribution in [-0.4, -0.2) is 25.5 Å². The van der Waals surface area contributed by atoms with Gasteiger partial charge in [0.2, 0.25) is 5.95 Å². The topological polar surface area (TPSA) is 85.8 Å². The Morgan fingerprint density at radius 2 is 2.08 bits per heavy atom. The summed E-state index contributed by atoms with van der Waals surface area (Å²) in [4.78, 5) is 21.4. The second-order valence-corrected chi connectivity index (χ2v) is 6.27. The molecule has 124 valence electrons. The number of rotatable bonds is 2. The van der Waals surface area contributed by atoms with E-state index in [1.165, 1.54) is 6.33 Å². The van der Waals surface area contributed by atoms with E-state index in [2.05, 4.69) is 20.4 Å². The van der Waals surface area contributed by atoms with E-state index in [0.29, 0.717) is 18.8 Å². The quantitative estimate of drug-likeness (QED) is 0.776. The van der Waals surface area contributed by atoms with Crippen LogP contribution in [-0.2, 0) is 4.79 Å². The van der Waals surface area contributed by atoms with Crippen LogP contribution in [0.5, 0.6) is 0 Å². The molecule has 1 N–H and O–H groups in total. The number of allylic oxidation sites excluding steroid dienone is 2. The normalized spacial score (nSPS) is 22.3. The molecule has 0 saturated heterocycles. The molecule has 25 heavy (non-hydrogen) atoms. The highest BCUT2D eigenvalue weighted by atomic mass is 16.3. The Morgan fingerprint density at radius 3 is 2.88 bits per heavy atom. The summed E-state index contributed by atoms with van der Waals surface area (Å²) in [5.41, 5.74) is 2.63. The largest absolute Gasteiger partial charge is 0.469 e. The van der Waals surface area contributed by atoms with Crippen molar-refractivity contribution in [3.63, 3.8) is 0 Å². The zero-order valence-electron chi connectivity index (χ0n) is 13.3. The van der Waals surface area contributed by atoms with Crippen molar-refractivity contribution in [2.24, 2.45) is 0 Å². The molecule has 5 rings (SSSR count). The molecule has 0 bridgehead atoms. The third kappa shape index (κ3) is 2.20. The van der Waals surface area contributed by atoms with Gasteiger partial charge in [-0.05, 0) is 36.2 Å². The van der Waals surface area contributed by atoms with Gasteiger partial charge in [-0.3, -0.25) is 9.78 Å². The van der Waals surface area contributed by atoms with Gasteiger partial charge in [-0.1, -0.05) is 0 Å². The molecule has 7 heteroatoms. The van der Waals surface area contributed by atoms with Crippen LogP contribution in [0.15, 0.2) is 64.9 Å². The summed E-state index contributed by atoms with van der Waals surface area (Å²) in [6, 6.07) is 7.33. The van der Waals surface area contributed by atoms with Gasteiger partial charge in [-0.15, -0.1) is 0 Å². The van der Waals surface area contributed by atoms with Gasteiger partial charge in [0.25, 0.3) is 0 Å². The number of carbonyl (C=O) groups excluding carboxylic acids is 1. The van der Waals surface area contributed by atoms with Gasteiger partial charge < -0.3 is 9.73 Å². The zero-order chi connectivity index (χ0) is 16.8. The lowest BCUT2D eigenvalue weighted by molar-refractivity contribution is -0.117. The van der Waals surface area contributed by atoms with Crippen molar-refractivity contribution in [1.29, 1.82) is 0 Å². The van der Waals surface area contributed by atoms with Gasteiger partial charge in [0.05, 0.1) is 6.26 Å². The Labute approximate surface area is 143 Å². The first-order valence-electron chi connectivity index (χ1n) is 8.17. The summed E-state index contributed by atoms with van der Waals surface area (Å²) < 4.78 is 7.29. The Bertz CT molecular complexity index is 959. The van der Waals surface area contributed by atoms with Gasteiger partial charge in [0.1, 0.15) is 18.1 Å². The lowest BCUT2D eigenvalue weighted by Crippen LogP contribution is -2.33. The number of pyridine rings is 1. The van der Waals surface area contributed by atoms with E-state index >= 15 is 0 Å². The van der Waals surface area contributed by atoms with Crippen molar-refractivity contribution >= 4 is 11.7 Å². The molecule has 7 nitrogen and oxygen atoms in total. The molecule has 2 aliphatic rings. The van der Waals surface area contributed by atoms with Crippen molar-refractivity contribution in [3.8, 4) is 0 Å². The molecule has 0 saturated carbocycles. The second-order valence-electron chi connectivity index (χ2n) is 6.27. The minimum absolute atomic E-state index is 0.0429. The van der Waals surface area contributed by atoms with Gasteiger partial charge in [-0.25, -0.2) is 4.68 Å². The van der Waals surface area contributed by atoms with Gasteiger partial charge in [-0.2, -0.15) is 10.1 Å². The summed E-state index contributed by atoms with van der Waals surface area (Å²) in [6.45, 7) is 0. The fourth-order valence-electron chi connectivity index (χ4n) is 3.73. The highest BCUT2D eigenvalue weighted by Crippen LogP contribution is 2.43. The van der Waals surface area contributed by atoms with Crippen LogP contribution in [0.4, 0.5) is 5.95 Å². The molecule has 0 spiro atoms. The number of carbonyl (C=O) groups is 1. The maximum Gasteiger partial charge on any atom is 0.226 e. The van der Waals surface area contributed by atoms with Gasteiger partial charge in [0, 0.05) is 36.0 Å². The fraction of sp³-hybridized carbons (Fsp3) is 0.222. The molecule has 3 aromatic heterocycles. The van der Waals surface area contributed by atoms with E-state index in [-0.39, 0.29) is 17.7 Å². The predicted octanol–water partition coefficient (Wildman–Crippen LogP) is 2.68. The summed E-state index contributed by atoms with van der Waals surface area (Å²) in [5.74, 6) is 1.64. The smallest absolute Gasteiger partial charge is 0.226 e. The van der Waals surface area contributed by atoms with Crippen molar-refractivity contribution in [2.45, 2.75) is 24.8 Å². The van der Waals surface area contributed by atoms with Gasteiger partial charge in [0.15, 0.2) is 5.78 Å². The maximum absolute atomic E-state index is 13.0. The van der Waals surface area contributed by atoms with E-state index < -0.39 is 0 Å². The first-order valence-corrected chi connectivity index (χ1v) is 8.17. The standard InChI is InChI=1S/C18H15N5O2/c24-14-9-12(15-2-1-7-25-15)8-13-16(14)17(11-3-5-19-6-4-11)23-18(22-13)20-10-21-23/h1-7,10,12,17H,8-9H2,(H,20,21,22)/t12-,17+/m0/s1. The summed E-state index contributed by atoms with van der Waals surface area (Å²) >= 11 is 0. The first-order chi connectivity index (χ1) is 12.3. The number of Topliss-reactive ketones (excluding diaryl/α,β-unsaturated/α-hetero) is 1. The Kier molecular flexibility index (Phi) is 3.06. The number of nitrogens with zero attached hydrogens (tertiary/aromatic N) is 4. The molecule has 1 aliphatic heterocycles. The SMILES string of the molecule is O=C1C[C@@H](c2ccco2)CC2=C1[C@@H](c1ccncc1)n1ncnc1N2. The number of nitrogens with one attached hydrogen (secondary N) is 1. The van der Waals surface area contributed by atoms with Crippen molar-refractivity contribution in [2.75, 3.05) is 5.32 Å². The number of fused-ring (bicyclic) bond motifs is 1. The lowest BCUT2D eigenvalue weighted by atomic mass is 9.80. The van der Waals surface area contributed by atoms with E-state index in [9.17, 15) is 4.79 Å². The molecule has 0 radical (unpaired) electrons. The van der Waals surface area contributed by atoms with Crippen LogP contribution in [0, 0.1) is 0 Å². The molecule has 0 aromatic carbocycles. The average molecular weight is 333 g/mol. The number of furan rings is 1. The maximum atomic E-state index is 13.0. The summed E-state index contributed by atoms with van der Waals surface area (Å²) in [6.07, 6.45) is 7.75. The molecule has 4 heterocycles. The molecule has 1 aliphatic carbocycles. The number of hydrogen-bond acceptors (Lipinski definition) is 6. The highest BCUT2D eigenvalue weighted by Gasteiger charge is 2.39. The Hall–Kier alpha value is -3.22. The van der Waals surface area contributed by atoms with Crippen molar-refractivity contribution < 1.29 is 9.21 Å². The van der Waals surface area contributed by atoms with Crippen LogP contribution in [0.1, 0.15) is 36.1 Å². The van der Waals surface area contributed by atoms with Gasteiger partial charge >= 0.3 is 0 Å². The zero-order valence-corrected chi connectivity index (χ0v) is 13.3. The number of aromatic nitrogens is 4. The average Bonchev–Trinajstić information content (AvgIpc) is 3.32. The molecule has 0 unspecified atom stereocenters. The molecule has 3 aromatic rings. The fourth-order valence-corrected chi connectivity index (χ4v) is 3.73. The van der Waals surface area contributed by atoms with Crippen molar-refractivity contribution in [3.05, 3.63) is 71.8 Å². The molecule has 0 fully saturated rings. The van der Waals surface area contributed by atoms with Crippen molar-refractivity contribution in [1.82, 2.24) is 19.7 Å². The van der Waals surface area contributed by atoms with Crippen LogP contribution in [0.2, 0.25) is 0 Å². The predicted molar refractivity (Wildman–Crippen MR) is 88.7 cm³/mol. The number of anilines is 1. The first kappa shape index (κ1) is 14.2. The van der Waals surface area contributed by atoms with E-state index in [4.69, 9.17) is 4.42 Å². The van der Waals surface area contributed by atoms with E-state index in [1.54, 1.807) is 23.3 Å². The highest BCUT2D eigenvalue weighted by molar-refractivity contribution is 6.00. The minimum Gasteiger partial charge on any atom is -0.469 e. The lowest BCUT2D eigenvalue weighted by Gasteiger charge is -2.34. The Balaban J connectivity index is 1.63. The second kappa shape index (κ2) is 5.41. The summed E-state index contributed by atoms with van der Waals surface area (Å²) in [7, 11) is 0. The minimum atomic E-state index is -0.276. The molecular formula is C18H15N5O2. The van der Waals surface area contributed by atoms with Crippen LogP contribution < -0.4 is 5.32 Å². The van der Waals surface area contributed by atoms with Crippen LogP contribution in [0.3, 0.4) is 0 Å². The Morgan fingerprint density at radius 1 is 1.20 bits per heavy atom. The monoisotopic (exact) mass is 333 g/mol. The number of ketones is 1. The molecule has 0 amide bonds. The third-order valence-corrected chi connectivity index (χ3v) is 4.83. The molecular weight excluding hydrogens is 318 g/mol. The van der Waals surface area contributed by atoms with Crippen LogP contribution >= 0.6 is 0 Å². The summed E-state index contributed by atoms with van der Waals surface area (Å²) in [5, 5.41) is 7.62. The van der Waals surface area contributed by atoms with E-state index in [1.807, 2.05) is 24.3 Å². The van der Waals surface area contributed by atoms with Crippen LogP contribution in [0.25, 0.3) is 0 Å². The third-order valence-electron chi connectivity index (χ3n) is 4.83. The van der Waals surface area contributed by atoms with E-state index in [0.717, 1.165) is 22.6 Å². The molecule has 2 atom stereocenters. The number of hydrogen-bond donors (Lipinski definition) is 1.